The fourth-order valence-corrected chi connectivity index (χ4v) is 3.28. The second kappa shape index (κ2) is 7.51. The van der Waals surface area contributed by atoms with E-state index in [-0.39, 0.29) is 5.69 Å². The molecule has 29 heavy (non-hydrogen) atoms. The van der Waals surface area contributed by atoms with Crippen LogP contribution in [-0.2, 0) is 15.1 Å². The van der Waals surface area contributed by atoms with Crippen LogP contribution < -0.4 is 10.6 Å². The number of anilines is 1. The Morgan fingerprint density at radius 3 is 2.48 bits per heavy atom. The first-order chi connectivity index (χ1) is 13.6. The number of nitro benzene ring substituents is 1. The van der Waals surface area contributed by atoms with Crippen molar-refractivity contribution >= 4 is 40.8 Å². The van der Waals surface area contributed by atoms with E-state index in [1.54, 1.807) is 25.1 Å². The minimum atomic E-state index is -1.43. The number of nitrogens with one attached hydrogen (secondary N) is 2. The molecule has 4 amide bonds. The highest BCUT2D eigenvalue weighted by Crippen LogP contribution is 2.30. The Morgan fingerprint density at radius 2 is 1.90 bits per heavy atom. The van der Waals surface area contributed by atoms with Crippen LogP contribution in [0.2, 0.25) is 5.02 Å². The van der Waals surface area contributed by atoms with Crippen molar-refractivity contribution in [1.29, 1.82) is 0 Å². The van der Waals surface area contributed by atoms with Crippen molar-refractivity contribution in [2.45, 2.75) is 19.4 Å². The van der Waals surface area contributed by atoms with Gasteiger partial charge in [-0.25, -0.2) is 4.79 Å². The first-order valence-corrected chi connectivity index (χ1v) is 8.94. The zero-order valence-electron chi connectivity index (χ0n) is 15.6. The summed E-state index contributed by atoms with van der Waals surface area (Å²) in [5, 5.41) is 16.5. The van der Waals surface area contributed by atoms with E-state index in [4.69, 9.17) is 11.6 Å². The minimum Gasteiger partial charge on any atom is -0.324 e. The highest BCUT2D eigenvalue weighted by atomic mass is 35.5. The van der Waals surface area contributed by atoms with Gasteiger partial charge in [-0.1, -0.05) is 11.6 Å². The summed E-state index contributed by atoms with van der Waals surface area (Å²) in [6.45, 7) is 2.77. The molecule has 1 saturated heterocycles. The Labute approximate surface area is 170 Å². The van der Waals surface area contributed by atoms with Gasteiger partial charge in [-0.2, -0.15) is 0 Å². The Balaban J connectivity index is 1.75. The van der Waals surface area contributed by atoms with Gasteiger partial charge in [0.1, 0.15) is 12.1 Å². The number of rotatable bonds is 5. The summed E-state index contributed by atoms with van der Waals surface area (Å²) in [7, 11) is 0. The number of amides is 4. The molecule has 0 saturated carbocycles. The smallest absolute Gasteiger partial charge is 0.324 e. The van der Waals surface area contributed by atoms with Crippen molar-refractivity contribution in [3.8, 4) is 0 Å². The van der Waals surface area contributed by atoms with Crippen LogP contribution in [0.1, 0.15) is 18.1 Å². The molecule has 1 atom stereocenters. The molecular formula is C19H17ClN4O5. The van der Waals surface area contributed by atoms with Crippen LogP contribution in [0.5, 0.6) is 0 Å². The van der Waals surface area contributed by atoms with Gasteiger partial charge in [-0.05, 0) is 55.3 Å². The molecule has 1 aliphatic rings. The van der Waals surface area contributed by atoms with E-state index in [0.29, 0.717) is 16.3 Å². The average molecular weight is 417 g/mol. The largest absolute Gasteiger partial charge is 0.325 e. The molecule has 1 aliphatic heterocycles. The van der Waals surface area contributed by atoms with Gasteiger partial charge in [0.15, 0.2) is 0 Å². The number of carbonyl (C=O) groups excluding carboxylic acids is 3. The normalized spacial score (nSPS) is 18.5. The predicted molar refractivity (Wildman–Crippen MR) is 106 cm³/mol. The predicted octanol–water partition coefficient (Wildman–Crippen LogP) is 2.96. The average Bonchev–Trinajstić information content (AvgIpc) is 2.88. The van der Waals surface area contributed by atoms with E-state index in [9.17, 15) is 24.5 Å². The van der Waals surface area contributed by atoms with E-state index in [2.05, 4.69) is 10.6 Å². The molecule has 2 N–H and O–H groups in total. The van der Waals surface area contributed by atoms with Crippen molar-refractivity contribution in [3.63, 3.8) is 0 Å². The molecule has 0 spiro atoms. The maximum Gasteiger partial charge on any atom is 0.325 e. The van der Waals surface area contributed by atoms with E-state index in [1.807, 2.05) is 0 Å². The molecule has 2 aromatic carbocycles. The summed E-state index contributed by atoms with van der Waals surface area (Å²) in [6.07, 6.45) is 0. The fraction of sp³-hybridized carbons (Fsp3) is 0.211. The number of imide groups is 1. The number of benzene rings is 2. The highest BCUT2D eigenvalue weighted by Gasteiger charge is 2.49. The number of non-ortho nitro benzene ring substituents is 1. The van der Waals surface area contributed by atoms with Crippen LogP contribution in [-0.4, -0.2) is 34.2 Å². The molecule has 1 heterocycles. The third kappa shape index (κ3) is 3.90. The molecule has 0 radical (unpaired) electrons. The number of hydrogen-bond acceptors (Lipinski definition) is 5. The van der Waals surface area contributed by atoms with Crippen LogP contribution >= 0.6 is 11.6 Å². The maximum atomic E-state index is 12.9. The van der Waals surface area contributed by atoms with Crippen molar-refractivity contribution < 1.29 is 19.3 Å². The Morgan fingerprint density at radius 1 is 1.24 bits per heavy atom. The molecule has 150 valence electrons. The van der Waals surface area contributed by atoms with Gasteiger partial charge < -0.3 is 10.6 Å². The van der Waals surface area contributed by atoms with Gasteiger partial charge in [0.25, 0.3) is 11.6 Å². The van der Waals surface area contributed by atoms with Crippen molar-refractivity contribution in [2.75, 3.05) is 11.9 Å². The maximum absolute atomic E-state index is 12.9. The molecule has 0 unspecified atom stereocenters. The first kappa shape index (κ1) is 20.3. The number of urea groups is 1. The number of nitro groups is 1. The van der Waals surface area contributed by atoms with E-state index in [1.165, 1.54) is 31.2 Å². The summed E-state index contributed by atoms with van der Waals surface area (Å²) >= 11 is 5.89. The Kier molecular flexibility index (Phi) is 5.25. The van der Waals surface area contributed by atoms with Crippen LogP contribution in [0.15, 0.2) is 42.5 Å². The Hall–Kier alpha value is -3.46. The molecular weight excluding hydrogens is 400 g/mol. The third-order valence-electron chi connectivity index (χ3n) is 4.69. The van der Waals surface area contributed by atoms with Crippen molar-refractivity contribution in [1.82, 2.24) is 10.2 Å². The molecule has 3 rings (SSSR count). The molecule has 0 aliphatic carbocycles. The van der Waals surface area contributed by atoms with Gasteiger partial charge in [-0.3, -0.25) is 24.6 Å². The van der Waals surface area contributed by atoms with Gasteiger partial charge in [-0.15, -0.1) is 0 Å². The van der Waals surface area contributed by atoms with Gasteiger partial charge >= 0.3 is 6.03 Å². The quantitative estimate of drug-likeness (QED) is 0.441. The summed E-state index contributed by atoms with van der Waals surface area (Å²) in [5.41, 5.74) is 0.0628. The Bertz CT molecular complexity index is 1020. The van der Waals surface area contributed by atoms with Gasteiger partial charge in [0, 0.05) is 22.8 Å². The molecule has 1 fully saturated rings. The molecule has 10 heteroatoms. The SMILES string of the molecule is Cc1cc(Cl)ccc1NC(=O)CN1C(=O)N[C@](C)(c2ccc([N+](=O)[O-])cc2)C1=O. The lowest BCUT2D eigenvalue weighted by Gasteiger charge is -2.22. The van der Waals surface area contributed by atoms with Gasteiger partial charge in [0.05, 0.1) is 4.92 Å². The lowest BCUT2D eigenvalue weighted by Crippen LogP contribution is -2.42. The van der Waals surface area contributed by atoms with E-state index >= 15 is 0 Å². The molecule has 0 bridgehead atoms. The van der Waals surface area contributed by atoms with Crippen LogP contribution in [0.25, 0.3) is 0 Å². The van der Waals surface area contributed by atoms with Crippen LogP contribution in [0.4, 0.5) is 16.2 Å². The number of carbonyl (C=O) groups is 3. The molecule has 9 nitrogen and oxygen atoms in total. The first-order valence-electron chi connectivity index (χ1n) is 8.57. The van der Waals surface area contributed by atoms with Crippen LogP contribution in [0, 0.1) is 17.0 Å². The topological polar surface area (TPSA) is 122 Å². The third-order valence-corrected chi connectivity index (χ3v) is 4.93. The zero-order chi connectivity index (χ0) is 21.3. The summed E-state index contributed by atoms with van der Waals surface area (Å²) in [6, 6.07) is 9.49. The number of halogens is 1. The van der Waals surface area contributed by atoms with E-state index in [0.717, 1.165) is 10.5 Å². The van der Waals surface area contributed by atoms with E-state index < -0.39 is 34.9 Å². The number of aryl methyl sites for hydroxylation is 1. The number of hydrogen-bond donors (Lipinski definition) is 2. The summed E-state index contributed by atoms with van der Waals surface area (Å²) < 4.78 is 0. The minimum absolute atomic E-state index is 0.135. The molecule has 0 aromatic heterocycles. The van der Waals surface area contributed by atoms with Crippen molar-refractivity contribution in [2.24, 2.45) is 0 Å². The highest BCUT2D eigenvalue weighted by molar-refractivity contribution is 6.30. The second-order valence-corrected chi connectivity index (χ2v) is 7.19. The number of nitrogens with zero attached hydrogens (tertiary/aromatic N) is 2. The monoisotopic (exact) mass is 416 g/mol. The zero-order valence-corrected chi connectivity index (χ0v) is 16.3. The van der Waals surface area contributed by atoms with Crippen LogP contribution in [0.3, 0.4) is 0 Å². The standard InChI is InChI=1S/C19H17ClN4O5/c1-11-9-13(20)5-8-15(11)21-16(25)10-23-17(26)19(2,22-18(23)27)12-3-6-14(7-4-12)24(28)29/h3-9H,10H2,1-2H3,(H,21,25)(H,22,27)/t19-/m1/s1. The summed E-state index contributed by atoms with van der Waals surface area (Å²) in [4.78, 5) is 48.6. The van der Waals surface area contributed by atoms with Crippen molar-refractivity contribution in [3.05, 3.63) is 68.7 Å². The lowest BCUT2D eigenvalue weighted by molar-refractivity contribution is -0.384. The second-order valence-electron chi connectivity index (χ2n) is 6.76. The van der Waals surface area contributed by atoms with Gasteiger partial charge in [0.2, 0.25) is 5.91 Å². The fourth-order valence-electron chi connectivity index (χ4n) is 3.05. The lowest BCUT2D eigenvalue weighted by atomic mass is 9.92. The molecule has 2 aromatic rings. The summed E-state index contributed by atoms with van der Waals surface area (Å²) in [5.74, 6) is -1.17.